The Bertz CT molecular complexity index is 899. The zero-order valence-corrected chi connectivity index (χ0v) is 15.4. The van der Waals surface area contributed by atoms with Crippen molar-refractivity contribution in [2.45, 2.75) is 43.7 Å². The molecule has 1 saturated carbocycles. The van der Waals surface area contributed by atoms with Gasteiger partial charge in [-0.15, -0.1) is 0 Å². The predicted octanol–water partition coefficient (Wildman–Crippen LogP) is 1.96. The summed E-state index contributed by atoms with van der Waals surface area (Å²) in [5, 5.41) is 4.38. The summed E-state index contributed by atoms with van der Waals surface area (Å²) in [6.07, 6.45) is 8.33. The highest BCUT2D eigenvalue weighted by Crippen LogP contribution is 2.40. The highest BCUT2D eigenvalue weighted by molar-refractivity contribution is 6.33. The molecule has 7 nitrogen and oxygen atoms in total. The minimum Gasteiger partial charge on any atom is -0.365 e. The van der Waals surface area contributed by atoms with E-state index in [1.54, 1.807) is 19.6 Å². The van der Waals surface area contributed by atoms with Gasteiger partial charge >= 0.3 is 0 Å². The molecule has 0 radical (unpaired) electrons. The van der Waals surface area contributed by atoms with Gasteiger partial charge in [0.25, 0.3) is 5.56 Å². The van der Waals surface area contributed by atoms with Crippen LogP contribution in [0.4, 0.5) is 11.5 Å². The van der Waals surface area contributed by atoms with Gasteiger partial charge in [-0.05, 0) is 19.3 Å². The molecule has 2 bridgehead atoms. The van der Waals surface area contributed by atoms with Crippen LogP contribution in [0.2, 0.25) is 5.02 Å². The van der Waals surface area contributed by atoms with E-state index in [0.717, 1.165) is 31.0 Å². The average Bonchev–Trinajstić information content (AvgIpc) is 2.59. The Morgan fingerprint density at radius 3 is 2.65 bits per heavy atom. The lowest BCUT2D eigenvalue weighted by Crippen LogP contribution is -2.69. The van der Waals surface area contributed by atoms with E-state index < -0.39 is 0 Å². The summed E-state index contributed by atoms with van der Waals surface area (Å²) in [6, 6.07) is 2.95. The van der Waals surface area contributed by atoms with Crippen LogP contribution >= 0.6 is 11.6 Å². The average molecular weight is 373 g/mol. The van der Waals surface area contributed by atoms with E-state index in [9.17, 15) is 4.79 Å². The Balaban J connectivity index is 1.37. The SMILES string of the molecule is Cn1ncc(N2CC3CC(C2)N3c2cc(C3CCC3)ncn2)c(Cl)c1=O. The molecule has 2 atom stereocenters. The van der Waals surface area contributed by atoms with E-state index >= 15 is 0 Å². The summed E-state index contributed by atoms with van der Waals surface area (Å²) >= 11 is 6.28. The molecule has 0 spiro atoms. The second-order valence-corrected chi connectivity index (χ2v) is 7.94. The highest BCUT2D eigenvalue weighted by Gasteiger charge is 2.46. The normalized spacial score (nSPS) is 25.0. The van der Waals surface area contributed by atoms with Crippen molar-refractivity contribution in [3.05, 3.63) is 39.7 Å². The first-order chi connectivity index (χ1) is 12.6. The summed E-state index contributed by atoms with van der Waals surface area (Å²) in [7, 11) is 1.61. The Morgan fingerprint density at radius 1 is 1.19 bits per heavy atom. The molecule has 5 heterocycles. The van der Waals surface area contributed by atoms with Crippen molar-refractivity contribution < 1.29 is 0 Å². The van der Waals surface area contributed by atoms with Crippen molar-refractivity contribution in [2.75, 3.05) is 22.9 Å². The molecule has 4 fully saturated rings. The van der Waals surface area contributed by atoms with E-state index in [0.29, 0.717) is 18.0 Å². The number of fused-ring (bicyclic) bond motifs is 2. The van der Waals surface area contributed by atoms with E-state index in [4.69, 9.17) is 11.6 Å². The summed E-state index contributed by atoms with van der Waals surface area (Å²) in [6.45, 7) is 1.65. The number of piperazine rings is 1. The number of nitrogens with zero attached hydrogens (tertiary/aromatic N) is 6. The van der Waals surface area contributed by atoms with Gasteiger partial charge in [0.1, 0.15) is 17.2 Å². The quantitative estimate of drug-likeness (QED) is 0.820. The van der Waals surface area contributed by atoms with Crippen LogP contribution in [0, 0.1) is 0 Å². The third-order valence-corrected chi connectivity index (χ3v) is 6.41. The molecule has 6 rings (SSSR count). The van der Waals surface area contributed by atoms with Crippen molar-refractivity contribution in [1.29, 1.82) is 0 Å². The van der Waals surface area contributed by atoms with E-state index in [1.165, 1.54) is 29.6 Å². The minimum absolute atomic E-state index is 0.249. The molecule has 2 unspecified atom stereocenters. The lowest BCUT2D eigenvalue weighted by atomic mass is 9.82. The number of aromatic nitrogens is 4. The van der Waals surface area contributed by atoms with Crippen molar-refractivity contribution in [3.8, 4) is 0 Å². The van der Waals surface area contributed by atoms with Crippen LogP contribution in [0.1, 0.15) is 37.3 Å². The predicted molar refractivity (Wildman–Crippen MR) is 100.0 cm³/mol. The first-order valence-corrected chi connectivity index (χ1v) is 9.56. The van der Waals surface area contributed by atoms with Gasteiger partial charge in [0.2, 0.25) is 0 Å². The first-order valence-electron chi connectivity index (χ1n) is 9.19. The second-order valence-electron chi connectivity index (χ2n) is 7.56. The monoisotopic (exact) mass is 372 g/mol. The van der Waals surface area contributed by atoms with Crippen molar-refractivity contribution in [1.82, 2.24) is 19.7 Å². The summed E-state index contributed by atoms with van der Waals surface area (Å²) in [5.41, 5.74) is 1.67. The molecule has 0 amide bonds. The molecule has 1 aliphatic carbocycles. The molecule has 4 aliphatic rings. The summed E-state index contributed by atoms with van der Waals surface area (Å²) in [4.78, 5) is 25.7. The number of anilines is 2. The number of hydrogen-bond acceptors (Lipinski definition) is 6. The fraction of sp³-hybridized carbons (Fsp3) is 0.556. The van der Waals surface area contributed by atoms with E-state index in [-0.39, 0.29) is 10.6 Å². The second kappa shape index (κ2) is 5.94. The zero-order valence-electron chi connectivity index (χ0n) is 14.7. The Labute approximate surface area is 156 Å². The number of rotatable bonds is 3. The van der Waals surface area contributed by atoms with Gasteiger partial charge in [0, 0.05) is 37.8 Å². The molecule has 3 aliphatic heterocycles. The lowest BCUT2D eigenvalue weighted by Gasteiger charge is -2.57. The van der Waals surface area contributed by atoms with Gasteiger partial charge in [-0.2, -0.15) is 5.10 Å². The fourth-order valence-electron chi connectivity index (χ4n) is 4.33. The Morgan fingerprint density at radius 2 is 1.96 bits per heavy atom. The third-order valence-electron chi connectivity index (χ3n) is 6.06. The maximum Gasteiger partial charge on any atom is 0.287 e. The maximum absolute atomic E-state index is 12.1. The molecular weight excluding hydrogens is 352 g/mol. The molecule has 2 aromatic rings. The zero-order chi connectivity index (χ0) is 17.8. The number of piperidine rings is 1. The summed E-state index contributed by atoms with van der Waals surface area (Å²) < 4.78 is 1.27. The molecule has 0 N–H and O–H groups in total. The summed E-state index contributed by atoms with van der Waals surface area (Å²) in [5.74, 6) is 1.65. The van der Waals surface area contributed by atoms with Crippen molar-refractivity contribution >= 4 is 23.1 Å². The Hall–Kier alpha value is -2.15. The maximum atomic E-state index is 12.1. The van der Waals surface area contributed by atoms with E-state index in [1.807, 2.05) is 0 Å². The van der Waals surface area contributed by atoms with Crippen LogP contribution in [-0.2, 0) is 7.05 Å². The standard InChI is InChI=1S/C18H21ClN6O/c1-23-18(26)17(19)15(7-22-23)24-8-12-5-13(9-24)25(12)16-6-14(20-10-21-16)11-3-2-4-11/h6-7,10-13H,2-5,8-9H2,1H3. The topological polar surface area (TPSA) is 67.2 Å². The molecule has 26 heavy (non-hydrogen) atoms. The number of halogens is 1. The molecule has 8 heteroatoms. The van der Waals surface area contributed by atoms with Crippen LogP contribution in [-0.4, -0.2) is 44.9 Å². The number of aryl methyl sites for hydroxylation is 1. The highest BCUT2D eigenvalue weighted by atomic mass is 35.5. The molecule has 0 aromatic carbocycles. The van der Waals surface area contributed by atoms with Crippen LogP contribution < -0.4 is 15.4 Å². The van der Waals surface area contributed by atoms with Crippen molar-refractivity contribution in [3.63, 3.8) is 0 Å². The van der Waals surface area contributed by atoms with Crippen molar-refractivity contribution in [2.24, 2.45) is 7.05 Å². The minimum atomic E-state index is -0.249. The van der Waals surface area contributed by atoms with E-state index in [2.05, 4.69) is 30.9 Å². The third kappa shape index (κ3) is 2.40. The van der Waals surface area contributed by atoms with Gasteiger partial charge in [-0.1, -0.05) is 18.0 Å². The number of hydrogen-bond donors (Lipinski definition) is 0. The van der Waals surface area contributed by atoms with Crippen LogP contribution in [0.15, 0.2) is 23.4 Å². The van der Waals surface area contributed by atoms with Gasteiger partial charge < -0.3 is 9.80 Å². The molecular formula is C18H21ClN6O. The van der Waals surface area contributed by atoms with Gasteiger partial charge in [-0.25, -0.2) is 14.6 Å². The van der Waals surface area contributed by atoms with Crippen LogP contribution in [0.25, 0.3) is 0 Å². The molecule has 3 saturated heterocycles. The largest absolute Gasteiger partial charge is 0.365 e. The lowest BCUT2D eigenvalue weighted by molar-refractivity contribution is 0.288. The van der Waals surface area contributed by atoms with Gasteiger partial charge in [0.15, 0.2) is 0 Å². The first kappa shape index (κ1) is 16.1. The van der Waals surface area contributed by atoms with Crippen LogP contribution in [0.5, 0.6) is 0 Å². The Kier molecular flexibility index (Phi) is 3.67. The van der Waals surface area contributed by atoms with Gasteiger partial charge in [0.05, 0.1) is 24.0 Å². The molecule has 2 aromatic heterocycles. The van der Waals surface area contributed by atoms with Crippen LogP contribution in [0.3, 0.4) is 0 Å². The molecule has 136 valence electrons. The van der Waals surface area contributed by atoms with Gasteiger partial charge in [-0.3, -0.25) is 4.79 Å². The smallest absolute Gasteiger partial charge is 0.287 e. The fourth-order valence-corrected chi connectivity index (χ4v) is 4.62.